The molecular weight excluding hydrogens is 364 g/mol. The highest BCUT2D eigenvalue weighted by Gasteiger charge is 2.12. The first-order valence-corrected chi connectivity index (χ1v) is 11.2. The maximum Gasteiger partial charge on any atom is 0.146 e. The second kappa shape index (κ2) is 11.1. The third-order valence-corrected chi connectivity index (χ3v) is 6.10. The fraction of sp³-hybridized carbons (Fsp3) is 0.375. The summed E-state index contributed by atoms with van der Waals surface area (Å²) in [5.41, 5.74) is 2.76. The number of pyridine rings is 1. The van der Waals surface area contributed by atoms with Gasteiger partial charge in [0.15, 0.2) is 0 Å². The zero-order valence-corrected chi connectivity index (χ0v) is 17.5. The Bertz CT molecular complexity index is 852. The van der Waals surface area contributed by atoms with Crippen LogP contribution >= 0.6 is 11.8 Å². The lowest BCUT2D eigenvalue weighted by Crippen LogP contribution is -2.06. The first-order valence-electron chi connectivity index (χ1n) is 10.2. The SMILES string of the molecule is C1CCCCC1.CNCc1cc(CSc2ccccc2)c2cccnc2c1O. The summed E-state index contributed by atoms with van der Waals surface area (Å²) in [6.07, 6.45) is 10.7. The fourth-order valence-corrected chi connectivity index (χ4v) is 4.46. The van der Waals surface area contributed by atoms with Gasteiger partial charge in [-0.25, -0.2) is 0 Å². The topological polar surface area (TPSA) is 45.2 Å². The summed E-state index contributed by atoms with van der Waals surface area (Å²) in [6, 6.07) is 16.3. The van der Waals surface area contributed by atoms with Gasteiger partial charge in [-0.15, -0.1) is 11.8 Å². The third-order valence-electron chi connectivity index (χ3n) is 5.04. The normalized spacial score (nSPS) is 13.8. The van der Waals surface area contributed by atoms with Gasteiger partial charge < -0.3 is 10.4 Å². The van der Waals surface area contributed by atoms with Crippen LogP contribution in [-0.4, -0.2) is 17.1 Å². The summed E-state index contributed by atoms with van der Waals surface area (Å²) >= 11 is 1.79. The molecule has 0 bridgehead atoms. The van der Waals surface area contributed by atoms with E-state index in [1.165, 1.54) is 49.0 Å². The first-order chi connectivity index (χ1) is 13.8. The predicted octanol–water partition coefficient (Wildman–Crippen LogP) is 6.29. The van der Waals surface area contributed by atoms with Gasteiger partial charge in [0.1, 0.15) is 11.3 Å². The lowest BCUT2D eigenvalue weighted by atomic mass is 10.0. The van der Waals surface area contributed by atoms with E-state index in [9.17, 15) is 5.11 Å². The van der Waals surface area contributed by atoms with Crippen molar-refractivity contribution < 1.29 is 5.11 Å². The predicted molar refractivity (Wildman–Crippen MR) is 120 cm³/mol. The van der Waals surface area contributed by atoms with E-state index < -0.39 is 0 Å². The summed E-state index contributed by atoms with van der Waals surface area (Å²) in [4.78, 5) is 5.59. The molecule has 1 heterocycles. The van der Waals surface area contributed by atoms with Crippen molar-refractivity contribution in [2.24, 2.45) is 0 Å². The Morgan fingerprint density at radius 3 is 2.25 bits per heavy atom. The van der Waals surface area contributed by atoms with Crippen molar-refractivity contribution in [1.82, 2.24) is 10.3 Å². The van der Waals surface area contributed by atoms with E-state index >= 15 is 0 Å². The molecule has 1 aromatic heterocycles. The van der Waals surface area contributed by atoms with E-state index in [2.05, 4.69) is 28.5 Å². The lowest BCUT2D eigenvalue weighted by Gasteiger charge is -2.12. The van der Waals surface area contributed by atoms with E-state index in [-0.39, 0.29) is 5.75 Å². The van der Waals surface area contributed by atoms with Crippen LogP contribution in [0.25, 0.3) is 10.9 Å². The number of phenols is 1. The molecular formula is C24H30N2OS. The molecule has 28 heavy (non-hydrogen) atoms. The third kappa shape index (κ3) is 5.73. The van der Waals surface area contributed by atoms with E-state index in [4.69, 9.17) is 0 Å². The van der Waals surface area contributed by atoms with Gasteiger partial charge >= 0.3 is 0 Å². The average molecular weight is 395 g/mol. The molecule has 0 aliphatic heterocycles. The summed E-state index contributed by atoms with van der Waals surface area (Å²) in [6.45, 7) is 0.626. The van der Waals surface area contributed by atoms with Crippen LogP contribution in [0.3, 0.4) is 0 Å². The van der Waals surface area contributed by atoms with Gasteiger partial charge in [-0.3, -0.25) is 4.98 Å². The Morgan fingerprint density at radius 2 is 1.61 bits per heavy atom. The molecule has 2 aromatic carbocycles. The molecule has 3 nitrogen and oxygen atoms in total. The molecule has 1 aliphatic rings. The van der Waals surface area contributed by atoms with E-state index in [0.29, 0.717) is 12.1 Å². The van der Waals surface area contributed by atoms with Crippen molar-refractivity contribution in [2.75, 3.05) is 7.05 Å². The second-order valence-electron chi connectivity index (χ2n) is 7.20. The number of phenolic OH excluding ortho intramolecular Hbond substituents is 1. The molecule has 0 saturated heterocycles. The van der Waals surface area contributed by atoms with Crippen LogP contribution in [0.15, 0.2) is 59.6 Å². The number of hydrogen-bond acceptors (Lipinski definition) is 4. The van der Waals surface area contributed by atoms with Crippen molar-refractivity contribution in [3.8, 4) is 5.75 Å². The monoisotopic (exact) mass is 394 g/mol. The van der Waals surface area contributed by atoms with Crippen LogP contribution in [0.4, 0.5) is 0 Å². The molecule has 4 rings (SSSR count). The Hall–Kier alpha value is -2.04. The number of nitrogens with one attached hydrogen (secondary N) is 1. The smallest absolute Gasteiger partial charge is 0.146 e. The summed E-state index contributed by atoms with van der Waals surface area (Å²) in [5.74, 6) is 1.13. The number of fused-ring (bicyclic) bond motifs is 1. The minimum atomic E-state index is 0.276. The number of nitrogens with zero attached hydrogens (tertiary/aromatic N) is 1. The van der Waals surface area contributed by atoms with Crippen LogP contribution in [0.2, 0.25) is 0 Å². The van der Waals surface area contributed by atoms with E-state index in [0.717, 1.165) is 16.7 Å². The largest absolute Gasteiger partial charge is 0.505 e. The summed E-state index contributed by atoms with van der Waals surface area (Å²) in [5, 5.41) is 14.5. The maximum absolute atomic E-state index is 10.4. The average Bonchev–Trinajstić information content (AvgIpc) is 2.77. The molecule has 0 unspecified atom stereocenters. The van der Waals surface area contributed by atoms with Crippen LogP contribution in [0.1, 0.15) is 49.7 Å². The molecule has 148 valence electrons. The number of aromatic nitrogens is 1. The Kier molecular flexibility index (Phi) is 8.19. The van der Waals surface area contributed by atoms with Crippen molar-refractivity contribution in [2.45, 2.75) is 55.7 Å². The molecule has 1 fully saturated rings. The molecule has 0 amide bonds. The van der Waals surface area contributed by atoms with Gasteiger partial charge in [0.05, 0.1) is 0 Å². The van der Waals surface area contributed by atoms with Crippen LogP contribution in [0.5, 0.6) is 5.75 Å². The molecule has 0 radical (unpaired) electrons. The highest BCUT2D eigenvalue weighted by Crippen LogP contribution is 2.33. The molecule has 0 atom stereocenters. The quantitative estimate of drug-likeness (QED) is 0.499. The summed E-state index contributed by atoms with van der Waals surface area (Å²) in [7, 11) is 1.88. The molecule has 4 heteroatoms. The standard InChI is InChI=1S/C18H18N2OS.C6H12/c1-19-11-13-10-14(12-22-15-6-3-2-4-7-15)16-8-5-9-20-17(16)18(13)21;1-2-4-6-5-3-1/h2-10,19,21H,11-12H2,1H3;1-6H2. The highest BCUT2D eigenvalue weighted by atomic mass is 32.2. The van der Waals surface area contributed by atoms with Gasteiger partial charge in [-0.2, -0.15) is 0 Å². The number of aromatic hydroxyl groups is 1. The molecule has 1 aliphatic carbocycles. The Balaban J connectivity index is 0.000000320. The minimum absolute atomic E-state index is 0.276. The van der Waals surface area contributed by atoms with Crippen LogP contribution in [0, 0.1) is 0 Å². The number of benzene rings is 2. The van der Waals surface area contributed by atoms with Crippen molar-refractivity contribution in [3.63, 3.8) is 0 Å². The molecule has 1 saturated carbocycles. The van der Waals surface area contributed by atoms with Crippen molar-refractivity contribution in [3.05, 3.63) is 65.9 Å². The fourth-order valence-electron chi connectivity index (χ4n) is 3.54. The zero-order chi connectivity index (χ0) is 19.6. The van der Waals surface area contributed by atoms with Gasteiger partial charge in [0, 0.05) is 34.3 Å². The second-order valence-corrected chi connectivity index (χ2v) is 8.25. The molecule has 2 N–H and O–H groups in total. The summed E-state index contributed by atoms with van der Waals surface area (Å²) < 4.78 is 0. The van der Waals surface area contributed by atoms with Gasteiger partial charge in [0.25, 0.3) is 0 Å². The minimum Gasteiger partial charge on any atom is -0.505 e. The highest BCUT2D eigenvalue weighted by molar-refractivity contribution is 7.98. The Labute approximate surface area is 172 Å². The lowest BCUT2D eigenvalue weighted by molar-refractivity contribution is 0.471. The van der Waals surface area contributed by atoms with Gasteiger partial charge in [-0.1, -0.05) is 62.8 Å². The zero-order valence-electron chi connectivity index (χ0n) is 16.7. The number of hydrogen-bond donors (Lipinski definition) is 2. The van der Waals surface area contributed by atoms with Crippen molar-refractivity contribution in [1.29, 1.82) is 0 Å². The van der Waals surface area contributed by atoms with Crippen LogP contribution < -0.4 is 5.32 Å². The molecule has 0 spiro atoms. The van der Waals surface area contributed by atoms with Crippen LogP contribution in [-0.2, 0) is 12.3 Å². The van der Waals surface area contributed by atoms with Gasteiger partial charge in [0.2, 0.25) is 0 Å². The van der Waals surface area contributed by atoms with E-state index in [1.807, 2.05) is 37.4 Å². The van der Waals surface area contributed by atoms with Crippen molar-refractivity contribution >= 4 is 22.7 Å². The number of rotatable bonds is 5. The Morgan fingerprint density at radius 1 is 0.929 bits per heavy atom. The molecule has 3 aromatic rings. The number of thioether (sulfide) groups is 1. The maximum atomic E-state index is 10.4. The first kappa shape index (κ1) is 20.7. The van der Waals surface area contributed by atoms with Gasteiger partial charge in [-0.05, 0) is 36.9 Å². The van der Waals surface area contributed by atoms with E-state index in [1.54, 1.807) is 18.0 Å².